The highest BCUT2D eigenvalue weighted by Gasteiger charge is 2.39. The summed E-state index contributed by atoms with van der Waals surface area (Å²) in [6.45, 7) is 0.0279. The van der Waals surface area contributed by atoms with Crippen LogP contribution >= 0.6 is 34.5 Å². The first-order valence-corrected chi connectivity index (χ1v) is 11.8. The molecule has 1 aromatic heterocycles. The van der Waals surface area contributed by atoms with Crippen molar-refractivity contribution >= 4 is 63.8 Å². The topological polar surface area (TPSA) is 92.8 Å². The predicted molar refractivity (Wildman–Crippen MR) is 130 cm³/mol. The van der Waals surface area contributed by atoms with E-state index in [9.17, 15) is 19.2 Å². The summed E-state index contributed by atoms with van der Waals surface area (Å²) in [5, 5.41) is 5.60. The van der Waals surface area contributed by atoms with Crippen LogP contribution in [0.4, 0.5) is 5.69 Å². The van der Waals surface area contributed by atoms with Crippen LogP contribution in [-0.4, -0.2) is 36.2 Å². The zero-order valence-corrected chi connectivity index (χ0v) is 20.0. The van der Waals surface area contributed by atoms with E-state index in [1.54, 1.807) is 11.3 Å². The van der Waals surface area contributed by atoms with Crippen molar-refractivity contribution < 1.29 is 23.9 Å². The number of benzene rings is 2. The summed E-state index contributed by atoms with van der Waals surface area (Å²) in [5.41, 5.74) is 0.807. The van der Waals surface area contributed by atoms with Crippen LogP contribution in [0.15, 0.2) is 60.0 Å². The highest BCUT2D eigenvalue weighted by molar-refractivity contribution is 7.09. The number of nitrogens with zero attached hydrogens (tertiary/aromatic N) is 1. The van der Waals surface area contributed by atoms with E-state index in [4.69, 9.17) is 27.9 Å². The molecule has 1 atom stereocenters. The second-order valence-electron chi connectivity index (χ2n) is 7.46. The molecule has 1 aliphatic rings. The molecular formula is C24H18Cl2N2O5S. The van der Waals surface area contributed by atoms with E-state index < -0.39 is 24.4 Å². The zero-order chi connectivity index (χ0) is 24.2. The molecule has 10 heteroatoms. The zero-order valence-electron chi connectivity index (χ0n) is 17.6. The van der Waals surface area contributed by atoms with E-state index in [0.717, 1.165) is 9.78 Å². The van der Waals surface area contributed by atoms with Gasteiger partial charge in [0.2, 0.25) is 5.91 Å². The molecule has 7 nitrogen and oxygen atoms in total. The van der Waals surface area contributed by atoms with Crippen molar-refractivity contribution in [1.82, 2.24) is 5.32 Å². The number of rotatable bonds is 8. The Bertz CT molecular complexity index is 1240. The number of ketones is 1. The third-order valence-electron chi connectivity index (χ3n) is 5.19. The van der Waals surface area contributed by atoms with E-state index >= 15 is 0 Å². The maximum absolute atomic E-state index is 12.8. The Morgan fingerprint density at radius 2 is 1.76 bits per heavy atom. The van der Waals surface area contributed by atoms with Gasteiger partial charge in [-0.25, -0.2) is 9.69 Å². The van der Waals surface area contributed by atoms with Gasteiger partial charge in [-0.3, -0.25) is 14.4 Å². The van der Waals surface area contributed by atoms with Crippen molar-refractivity contribution in [3.8, 4) is 0 Å². The van der Waals surface area contributed by atoms with Gasteiger partial charge in [0.15, 0.2) is 12.4 Å². The monoisotopic (exact) mass is 516 g/mol. The number of hydrogen-bond acceptors (Lipinski definition) is 7. The number of imide groups is 1. The Balaban J connectivity index is 1.35. The fraction of sp³-hybridized carbons (Fsp3) is 0.167. The Labute approximate surface area is 209 Å². The van der Waals surface area contributed by atoms with E-state index in [1.807, 2.05) is 17.5 Å². The molecule has 1 aliphatic heterocycles. The van der Waals surface area contributed by atoms with Crippen molar-refractivity contribution in [3.63, 3.8) is 0 Å². The molecular weight excluding hydrogens is 499 g/mol. The largest absolute Gasteiger partial charge is 0.454 e. The van der Waals surface area contributed by atoms with Gasteiger partial charge in [-0.05, 0) is 53.9 Å². The quantitative estimate of drug-likeness (QED) is 0.269. The molecule has 1 fully saturated rings. The first kappa shape index (κ1) is 24.1. The van der Waals surface area contributed by atoms with Crippen LogP contribution in [0.2, 0.25) is 10.0 Å². The van der Waals surface area contributed by atoms with Crippen molar-refractivity contribution in [3.05, 3.63) is 86.0 Å². The number of Topliss-reactive ketones (excluding diaryl/α,β-unsaturated/α-hetero) is 1. The van der Waals surface area contributed by atoms with Crippen molar-refractivity contribution in [2.24, 2.45) is 0 Å². The van der Waals surface area contributed by atoms with Gasteiger partial charge in [0.25, 0.3) is 5.91 Å². The Morgan fingerprint density at radius 3 is 2.44 bits per heavy atom. The molecule has 1 saturated heterocycles. The lowest BCUT2D eigenvalue weighted by Crippen LogP contribution is -2.38. The normalized spacial score (nSPS) is 15.6. The van der Waals surface area contributed by atoms with Crippen LogP contribution in [0.1, 0.15) is 32.0 Å². The molecule has 3 aromatic rings. The van der Waals surface area contributed by atoms with E-state index in [0.29, 0.717) is 17.3 Å². The molecule has 0 spiro atoms. The number of halogens is 2. The third kappa shape index (κ3) is 5.37. The van der Waals surface area contributed by atoms with Crippen LogP contribution < -0.4 is 10.2 Å². The van der Waals surface area contributed by atoms with Crippen molar-refractivity contribution in [1.29, 1.82) is 0 Å². The SMILES string of the molecule is O=C(COC(=O)c1ccc(N2C(=O)CC(NCc3cccs3)C2=O)cc1)c1ccc(Cl)c(Cl)c1. The van der Waals surface area contributed by atoms with Gasteiger partial charge in [0.1, 0.15) is 0 Å². The lowest BCUT2D eigenvalue weighted by molar-refractivity contribution is -0.121. The predicted octanol–water partition coefficient (Wildman–Crippen LogP) is 4.52. The molecule has 0 radical (unpaired) electrons. The fourth-order valence-electron chi connectivity index (χ4n) is 3.41. The highest BCUT2D eigenvalue weighted by atomic mass is 35.5. The number of thiophene rings is 1. The van der Waals surface area contributed by atoms with Gasteiger partial charge >= 0.3 is 5.97 Å². The molecule has 0 bridgehead atoms. The van der Waals surface area contributed by atoms with E-state index in [1.165, 1.54) is 42.5 Å². The molecule has 0 aliphatic carbocycles. The summed E-state index contributed by atoms with van der Waals surface area (Å²) in [7, 11) is 0. The lowest BCUT2D eigenvalue weighted by Gasteiger charge is -2.16. The Hall–Kier alpha value is -3.04. The summed E-state index contributed by atoms with van der Waals surface area (Å²) in [5.74, 6) is -1.81. The van der Waals surface area contributed by atoms with Gasteiger partial charge in [-0.1, -0.05) is 29.3 Å². The van der Waals surface area contributed by atoms with Gasteiger partial charge < -0.3 is 10.1 Å². The van der Waals surface area contributed by atoms with Gasteiger partial charge in [0.05, 0.1) is 33.8 Å². The molecule has 2 aromatic carbocycles. The van der Waals surface area contributed by atoms with Crippen molar-refractivity contribution in [2.75, 3.05) is 11.5 Å². The number of ether oxygens (including phenoxy) is 1. The highest BCUT2D eigenvalue weighted by Crippen LogP contribution is 2.25. The number of anilines is 1. The molecule has 0 saturated carbocycles. The lowest BCUT2D eigenvalue weighted by atomic mass is 10.1. The van der Waals surface area contributed by atoms with Crippen LogP contribution in [0.25, 0.3) is 0 Å². The minimum atomic E-state index is -0.713. The number of nitrogens with one attached hydrogen (secondary N) is 1. The number of esters is 1. The summed E-state index contributed by atoms with van der Waals surface area (Å²) in [4.78, 5) is 52.0. The third-order valence-corrected chi connectivity index (χ3v) is 6.80. The molecule has 1 N–H and O–H groups in total. The van der Waals surface area contributed by atoms with Gasteiger partial charge in [0, 0.05) is 17.0 Å². The van der Waals surface area contributed by atoms with Crippen LogP contribution in [-0.2, 0) is 20.9 Å². The second-order valence-corrected chi connectivity index (χ2v) is 9.31. The molecule has 2 heterocycles. The van der Waals surface area contributed by atoms with Crippen molar-refractivity contribution in [2.45, 2.75) is 19.0 Å². The number of carbonyl (C=O) groups excluding carboxylic acids is 4. The van der Waals surface area contributed by atoms with Crippen LogP contribution in [0.5, 0.6) is 0 Å². The maximum Gasteiger partial charge on any atom is 0.338 e. The van der Waals surface area contributed by atoms with Crippen LogP contribution in [0.3, 0.4) is 0 Å². The first-order chi connectivity index (χ1) is 16.3. The minimum absolute atomic E-state index is 0.0603. The Morgan fingerprint density at radius 1 is 1.03 bits per heavy atom. The Kier molecular flexibility index (Phi) is 7.43. The number of amides is 2. The summed E-state index contributed by atoms with van der Waals surface area (Å²) in [6, 6.07) is 13.5. The summed E-state index contributed by atoms with van der Waals surface area (Å²) < 4.78 is 5.09. The first-order valence-electron chi connectivity index (χ1n) is 10.2. The molecule has 174 valence electrons. The average Bonchev–Trinajstić information content (AvgIpc) is 3.45. The number of hydrogen-bond donors (Lipinski definition) is 1. The number of carbonyl (C=O) groups is 4. The smallest absolute Gasteiger partial charge is 0.338 e. The summed E-state index contributed by atoms with van der Waals surface area (Å²) >= 11 is 13.3. The molecule has 1 unspecified atom stereocenters. The molecule has 2 amide bonds. The van der Waals surface area contributed by atoms with Gasteiger partial charge in [-0.15, -0.1) is 11.3 Å². The molecule has 4 rings (SSSR count). The van der Waals surface area contributed by atoms with E-state index in [2.05, 4.69) is 5.32 Å². The minimum Gasteiger partial charge on any atom is -0.454 e. The average molecular weight is 517 g/mol. The van der Waals surface area contributed by atoms with Crippen LogP contribution in [0, 0.1) is 0 Å². The molecule has 34 heavy (non-hydrogen) atoms. The van der Waals surface area contributed by atoms with Gasteiger partial charge in [-0.2, -0.15) is 0 Å². The fourth-order valence-corrected chi connectivity index (χ4v) is 4.37. The maximum atomic E-state index is 12.8. The summed E-state index contributed by atoms with van der Waals surface area (Å²) in [6.07, 6.45) is 0.0603. The second kappa shape index (κ2) is 10.5. The van der Waals surface area contributed by atoms with E-state index in [-0.39, 0.29) is 34.4 Å². The standard InChI is InChI=1S/C24H18Cl2N2O5S/c25-18-8-5-15(10-19(18)26)21(29)13-33-24(32)14-3-6-16(7-4-14)28-22(30)11-20(23(28)31)27-12-17-2-1-9-34-17/h1-10,20,27H,11-13H2.